The lowest BCUT2D eigenvalue weighted by Crippen LogP contribution is -2.23. The zero-order valence-electron chi connectivity index (χ0n) is 15.6. The first-order valence-electron chi connectivity index (χ1n) is 8.33. The van der Waals surface area contributed by atoms with Gasteiger partial charge in [0.25, 0.3) is 11.8 Å². The Labute approximate surface area is 162 Å². The van der Waals surface area contributed by atoms with E-state index in [-0.39, 0.29) is 11.8 Å². The molecule has 2 amide bonds. The number of hydrogen-bond acceptors (Lipinski definition) is 4. The Morgan fingerprint density at radius 3 is 2.37 bits per heavy atom. The number of nitrogens with zero attached hydrogens (tertiary/aromatic N) is 1. The van der Waals surface area contributed by atoms with Crippen LogP contribution >= 0.6 is 11.8 Å². The second kappa shape index (κ2) is 8.73. The first-order valence-corrected chi connectivity index (χ1v) is 9.20. The van der Waals surface area contributed by atoms with Gasteiger partial charge < -0.3 is 15.3 Å². The van der Waals surface area contributed by atoms with Crippen LogP contribution in [0.2, 0.25) is 0 Å². The lowest BCUT2D eigenvalue weighted by Gasteiger charge is -2.15. The Morgan fingerprint density at radius 1 is 1.07 bits per heavy atom. The summed E-state index contributed by atoms with van der Waals surface area (Å²) in [6, 6.07) is 12.0. The van der Waals surface area contributed by atoms with E-state index >= 15 is 0 Å². The molecule has 0 aliphatic rings. The van der Waals surface area contributed by atoms with Crippen molar-refractivity contribution < 1.29 is 19.5 Å². The molecule has 27 heavy (non-hydrogen) atoms. The predicted octanol–water partition coefficient (Wildman–Crippen LogP) is 3.51. The molecule has 142 valence electrons. The average Bonchev–Trinajstić information content (AvgIpc) is 2.62. The van der Waals surface area contributed by atoms with Crippen molar-refractivity contribution in [2.24, 2.45) is 0 Å². The van der Waals surface area contributed by atoms with Gasteiger partial charge in [-0.25, -0.2) is 0 Å². The minimum atomic E-state index is -0.944. The van der Waals surface area contributed by atoms with Crippen molar-refractivity contribution in [2.45, 2.75) is 24.0 Å². The van der Waals surface area contributed by atoms with Gasteiger partial charge in [-0.15, -0.1) is 11.8 Å². The number of thioether (sulfide) groups is 1. The summed E-state index contributed by atoms with van der Waals surface area (Å²) in [6.45, 7) is 3.41. The number of anilines is 1. The highest BCUT2D eigenvalue weighted by Gasteiger charge is 2.18. The van der Waals surface area contributed by atoms with E-state index < -0.39 is 11.2 Å². The molecule has 2 N–H and O–H groups in total. The third kappa shape index (κ3) is 5.10. The summed E-state index contributed by atoms with van der Waals surface area (Å²) >= 11 is 1.11. The number of carboxylic acid groups (broad SMARTS) is 1. The normalized spacial score (nSPS) is 11.6. The first-order chi connectivity index (χ1) is 12.7. The molecule has 2 aromatic rings. The van der Waals surface area contributed by atoms with Gasteiger partial charge in [0.15, 0.2) is 0 Å². The van der Waals surface area contributed by atoms with Crippen LogP contribution in [-0.2, 0) is 4.79 Å². The van der Waals surface area contributed by atoms with E-state index in [0.29, 0.717) is 21.7 Å². The monoisotopic (exact) mass is 386 g/mol. The van der Waals surface area contributed by atoms with Crippen LogP contribution in [0.4, 0.5) is 5.69 Å². The molecule has 0 aliphatic heterocycles. The van der Waals surface area contributed by atoms with Crippen molar-refractivity contribution in [1.29, 1.82) is 0 Å². The zero-order valence-corrected chi connectivity index (χ0v) is 16.5. The number of aryl methyl sites for hydroxylation is 1. The number of carbonyl (C=O) groups is 3. The summed E-state index contributed by atoms with van der Waals surface area (Å²) < 4.78 is 0. The number of carbonyl (C=O) groups excluding carboxylic acids is 2. The van der Waals surface area contributed by atoms with Crippen molar-refractivity contribution in [1.82, 2.24) is 4.90 Å². The maximum absolute atomic E-state index is 12.7. The van der Waals surface area contributed by atoms with Crippen LogP contribution in [0.25, 0.3) is 0 Å². The molecule has 0 spiro atoms. The van der Waals surface area contributed by atoms with Crippen molar-refractivity contribution in [3.05, 3.63) is 59.2 Å². The number of carboxylic acids is 1. The molecule has 6 nitrogen and oxygen atoms in total. The minimum absolute atomic E-state index is 0.144. The largest absolute Gasteiger partial charge is 0.480 e. The van der Waals surface area contributed by atoms with Crippen LogP contribution in [0.5, 0.6) is 0 Å². The zero-order chi connectivity index (χ0) is 20.1. The molecule has 2 rings (SSSR count). The van der Waals surface area contributed by atoms with E-state index in [1.54, 1.807) is 63.5 Å². The summed E-state index contributed by atoms with van der Waals surface area (Å²) in [4.78, 5) is 38.2. The molecule has 0 fully saturated rings. The highest BCUT2D eigenvalue weighted by molar-refractivity contribution is 8.00. The highest BCUT2D eigenvalue weighted by Crippen LogP contribution is 2.28. The quantitative estimate of drug-likeness (QED) is 0.742. The molecule has 1 atom stereocenters. The maximum Gasteiger partial charge on any atom is 0.316 e. The van der Waals surface area contributed by atoms with Crippen molar-refractivity contribution in [3.8, 4) is 0 Å². The number of amides is 2. The number of aliphatic carboxylic acids is 1. The highest BCUT2D eigenvalue weighted by atomic mass is 32.2. The molecular weight excluding hydrogens is 364 g/mol. The second-order valence-corrected chi connectivity index (χ2v) is 7.66. The van der Waals surface area contributed by atoms with Crippen LogP contribution < -0.4 is 5.32 Å². The Bertz CT molecular complexity index is 880. The number of rotatable bonds is 6. The van der Waals surface area contributed by atoms with Crippen LogP contribution in [0.15, 0.2) is 47.4 Å². The summed E-state index contributed by atoms with van der Waals surface area (Å²) in [5.74, 6) is -1.45. The van der Waals surface area contributed by atoms with Gasteiger partial charge in [-0.3, -0.25) is 14.4 Å². The molecule has 0 heterocycles. The fourth-order valence-electron chi connectivity index (χ4n) is 2.37. The lowest BCUT2D eigenvalue weighted by atomic mass is 10.1. The SMILES string of the molecule is Cc1ccc(NC(=O)c2ccccc2SC(C)C(=O)O)cc1C(=O)N(C)C. The predicted molar refractivity (Wildman–Crippen MR) is 107 cm³/mol. The summed E-state index contributed by atoms with van der Waals surface area (Å²) in [7, 11) is 3.34. The molecule has 7 heteroatoms. The van der Waals surface area contributed by atoms with E-state index in [9.17, 15) is 14.4 Å². The van der Waals surface area contributed by atoms with Crippen molar-refractivity contribution in [3.63, 3.8) is 0 Å². The van der Waals surface area contributed by atoms with Gasteiger partial charge in [0.2, 0.25) is 0 Å². The van der Waals surface area contributed by atoms with E-state index in [1.165, 1.54) is 4.90 Å². The Morgan fingerprint density at radius 2 is 1.74 bits per heavy atom. The second-order valence-electron chi connectivity index (χ2n) is 6.28. The number of nitrogens with one attached hydrogen (secondary N) is 1. The average molecular weight is 386 g/mol. The first kappa shape index (κ1) is 20.5. The van der Waals surface area contributed by atoms with Gasteiger partial charge in [0.05, 0.1) is 5.56 Å². The van der Waals surface area contributed by atoms with Crippen LogP contribution in [-0.4, -0.2) is 47.1 Å². The van der Waals surface area contributed by atoms with Gasteiger partial charge in [-0.1, -0.05) is 18.2 Å². The van der Waals surface area contributed by atoms with Crippen molar-refractivity contribution >= 4 is 35.2 Å². The van der Waals surface area contributed by atoms with E-state index in [4.69, 9.17) is 5.11 Å². The van der Waals surface area contributed by atoms with Crippen LogP contribution in [0.3, 0.4) is 0 Å². The van der Waals surface area contributed by atoms with Crippen molar-refractivity contribution in [2.75, 3.05) is 19.4 Å². The fraction of sp³-hybridized carbons (Fsp3) is 0.250. The standard InChI is InChI=1S/C20H22N2O4S/c1-12-9-10-14(11-16(12)19(24)22(3)4)21-18(23)15-7-5-6-8-17(15)27-13(2)20(25)26/h5-11,13H,1-4H3,(H,21,23)(H,25,26). The molecule has 0 bridgehead atoms. The van der Waals surface area contributed by atoms with Gasteiger partial charge in [0, 0.05) is 30.2 Å². The minimum Gasteiger partial charge on any atom is -0.480 e. The molecule has 0 aliphatic carbocycles. The molecule has 2 aromatic carbocycles. The van der Waals surface area contributed by atoms with E-state index in [0.717, 1.165) is 17.3 Å². The lowest BCUT2D eigenvalue weighted by molar-refractivity contribution is -0.136. The van der Waals surface area contributed by atoms with Gasteiger partial charge >= 0.3 is 5.97 Å². The molecule has 0 aromatic heterocycles. The number of benzene rings is 2. The van der Waals surface area contributed by atoms with Gasteiger partial charge in [-0.05, 0) is 43.7 Å². The fourth-order valence-corrected chi connectivity index (χ4v) is 3.29. The van der Waals surface area contributed by atoms with Gasteiger partial charge in [0.1, 0.15) is 5.25 Å². The summed E-state index contributed by atoms with van der Waals surface area (Å²) in [6.07, 6.45) is 0. The van der Waals surface area contributed by atoms with E-state index in [1.807, 2.05) is 6.92 Å². The maximum atomic E-state index is 12.7. The third-order valence-electron chi connectivity index (χ3n) is 3.92. The Kier molecular flexibility index (Phi) is 6.63. The Hall–Kier alpha value is -2.80. The molecular formula is C20H22N2O4S. The Balaban J connectivity index is 2.27. The topological polar surface area (TPSA) is 86.7 Å². The summed E-state index contributed by atoms with van der Waals surface area (Å²) in [5, 5.41) is 11.2. The molecule has 0 saturated heterocycles. The van der Waals surface area contributed by atoms with E-state index in [2.05, 4.69) is 5.32 Å². The third-order valence-corrected chi connectivity index (χ3v) is 5.08. The smallest absolute Gasteiger partial charge is 0.316 e. The van der Waals surface area contributed by atoms with Crippen LogP contribution in [0, 0.1) is 6.92 Å². The summed E-state index contributed by atoms with van der Waals surface area (Å²) in [5.41, 5.74) is 2.22. The molecule has 0 saturated carbocycles. The molecule has 1 unspecified atom stereocenters. The van der Waals surface area contributed by atoms with Crippen LogP contribution in [0.1, 0.15) is 33.2 Å². The molecule has 0 radical (unpaired) electrons. The number of hydrogen-bond donors (Lipinski definition) is 2. The van der Waals surface area contributed by atoms with Gasteiger partial charge in [-0.2, -0.15) is 0 Å².